The van der Waals surface area contributed by atoms with Crippen LogP contribution in [0.15, 0.2) is 0 Å². The van der Waals surface area contributed by atoms with Crippen molar-refractivity contribution in [3.8, 4) is 0 Å². The van der Waals surface area contributed by atoms with E-state index in [0.717, 1.165) is 19.4 Å². The van der Waals surface area contributed by atoms with E-state index in [4.69, 9.17) is 9.84 Å². The quantitative estimate of drug-likeness (QED) is 0.341. The predicted octanol–water partition coefficient (Wildman–Crippen LogP) is 5.87. The average molecular weight is 301 g/mol. The van der Waals surface area contributed by atoms with Crippen molar-refractivity contribution in [1.82, 2.24) is 0 Å². The van der Waals surface area contributed by atoms with Crippen LogP contribution in [-0.4, -0.2) is 24.4 Å². The Balaban J connectivity index is 3.56. The van der Waals surface area contributed by atoms with Gasteiger partial charge < -0.3 is 9.84 Å². The number of hydrogen-bond donors (Lipinski definition) is 1. The molecule has 0 rings (SSSR count). The van der Waals surface area contributed by atoms with E-state index in [1.807, 2.05) is 0 Å². The molecule has 0 spiro atoms. The van der Waals surface area contributed by atoms with E-state index in [0.29, 0.717) is 12.7 Å². The number of aliphatic hydroxyl groups excluding tert-OH is 1. The van der Waals surface area contributed by atoms with Crippen LogP contribution in [0.4, 0.5) is 0 Å². The second-order valence-corrected chi connectivity index (χ2v) is 6.33. The standard InChI is InChI=1S/C19H40O2/c1-3-5-7-9-10-12-15-19(16-14-17-20)21-18-13-11-8-6-4-2/h19-20H,3-18H2,1-2H3. The summed E-state index contributed by atoms with van der Waals surface area (Å²) in [6.45, 7) is 5.73. The van der Waals surface area contributed by atoms with Crippen molar-refractivity contribution >= 4 is 0 Å². The number of hydrogen-bond acceptors (Lipinski definition) is 2. The highest BCUT2D eigenvalue weighted by Gasteiger charge is 2.08. The molecule has 0 saturated carbocycles. The molecule has 1 unspecified atom stereocenters. The minimum absolute atomic E-state index is 0.298. The van der Waals surface area contributed by atoms with Gasteiger partial charge in [0.15, 0.2) is 0 Å². The third-order valence-corrected chi connectivity index (χ3v) is 4.17. The molecule has 0 aliphatic rings. The third kappa shape index (κ3) is 16.1. The first kappa shape index (κ1) is 20.9. The molecule has 1 atom stereocenters. The Morgan fingerprint density at radius 2 is 1.19 bits per heavy atom. The molecule has 1 N–H and O–H groups in total. The SMILES string of the molecule is CCCCCCCCC(CCCO)OCCCCCCC. The van der Waals surface area contributed by atoms with Gasteiger partial charge in [-0.1, -0.05) is 78.1 Å². The zero-order chi connectivity index (χ0) is 15.6. The molecule has 2 heteroatoms. The molecule has 2 nitrogen and oxygen atoms in total. The lowest BCUT2D eigenvalue weighted by atomic mass is 10.0. The summed E-state index contributed by atoms with van der Waals surface area (Å²) in [5, 5.41) is 9.00. The van der Waals surface area contributed by atoms with Crippen LogP contribution in [-0.2, 0) is 4.74 Å². The topological polar surface area (TPSA) is 29.5 Å². The number of unbranched alkanes of at least 4 members (excludes halogenated alkanes) is 9. The van der Waals surface area contributed by atoms with Gasteiger partial charge in [0.1, 0.15) is 0 Å². The lowest BCUT2D eigenvalue weighted by molar-refractivity contribution is 0.0331. The highest BCUT2D eigenvalue weighted by atomic mass is 16.5. The average Bonchev–Trinajstić information content (AvgIpc) is 2.50. The highest BCUT2D eigenvalue weighted by molar-refractivity contribution is 4.60. The second-order valence-electron chi connectivity index (χ2n) is 6.33. The monoisotopic (exact) mass is 300 g/mol. The zero-order valence-corrected chi connectivity index (χ0v) is 14.7. The molecule has 0 saturated heterocycles. The predicted molar refractivity (Wildman–Crippen MR) is 92.8 cm³/mol. The summed E-state index contributed by atoms with van der Waals surface area (Å²) < 4.78 is 6.04. The smallest absolute Gasteiger partial charge is 0.0576 e. The molecule has 0 amide bonds. The molecular formula is C19H40O2. The maximum atomic E-state index is 9.00. The van der Waals surface area contributed by atoms with Gasteiger partial charge in [0.2, 0.25) is 0 Å². The summed E-state index contributed by atoms with van der Waals surface area (Å²) in [4.78, 5) is 0. The number of ether oxygens (including phenoxy) is 1. The Kier molecular flexibility index (Phi) is 17.9. The molecule has 0 bridgehead atoms. The van der Waals surface area contributed by atoms with Gasteiger partial charge in [0, 0.05) is 13.2 Å². The maximum Gasteiger partial charge on any atom is 0.0576 e. The summed E-state index contributed by atoms with van der Waals surface area (Å²) in [5.41, 5.74) is 0. The van der Waals surface area contributed by atoms with E-state index in [1.54, 1.807) is 0 Å². The molecular weight excluding hydrogens is 260 g/mol. The Morgan fingerprint density at radius 3 is 1.81 bits per heavy atom. The van der Waals surface area contributed by atoms with Crippen molar-refractivity contribution in [2.24, 2.45) is 0 Å². The van der Waals surface area contributed by atoms with E-state index in [-0.39, 0.29) is 0 Å². The minimum atomic E-state index is 0.298. The van der Waals surface area contributed by atoms with Crippen LogP contribution in [0.1, 0.15) is 104 Å². The normalized spacial score (nSPS) is 12.7. The first-order valence-electron chi connectivity index (χ1n) is 9.57. The van der Waals surface area contributed by atoms with Crippen molar-refractivity contribution in [2.75, 3.05) is 13.2 Å². The molecule has 128 valence electrons. The summed E-state index contributed by atoms with van der Waals surface area (Å²) in [7, 11) is 0. The van der Waals surface area contributed by atoms with E-state index < -0.39 is 0 Å². The van der Waals surface area contributed by atoms with Crippen LogP contribution in [0.3, 0.4) is 0 Å². The molecule has 21 heavy (non-hydrogen) atoms. The summed E-state index contributed by atoms with van der Waals surface area (Å²) in [5.74, 6) is 0. The third-order valence-electron chi connectivity index (χ3n) is 4.17. The van der Waals surface area contributed by atoms with Crippen LogP contribution in [0, 0.1) is 0 Å². The first-order valence-corrected chi connectivity index (χ1v) is 9.57. The van der Waals surface area contributed by atoms with Gasteiger partial charge in [-0.15, -0.1) is 0 Å². The number of aliphatic hydroxyl groups is 1. The minimum Gasteiger partial charge on any atom is -0.396 e. The Bertz CT molecular complexity index is 166. The van der Waals surface area contributed by atoms with Crippen molar-refractivity contribution in [3.05, 3.63) is 0 Å². The maximum absolute atomic E-state index is 9.00. The summed E-state index contributed by atoms with van der Waals surface area (Å²) >= 11 is 0. The highest BCUT2D eigenvalue weighted by Crippen LogP contribution is 2.15. The fraction of sp³-hybridized carbons (Fsp3) is 1.00. The fourth-order valence-corrected chi connectivity index (χ4v) is 2.74. The largest absolute Gasteiger partial charge is 0.396 e. The van der Waals surface area contributed by atoms with E-state index >= 15 is 0 Å². The summed E-state index contributed by atoms with van der Waals surface area (Å²) in [6.07, 6.45) is 18.1. The molecule has 0 aromatic carbocycles. The Hall–Kier alpha value is -0.0800. The van der Waals surface area contributed by atoms with Crippen LogP contribution >= 0.6 is 0 Å². The van der Waals surface area contributed by atoms with Crippen LogP contribution < -0.4 is 0 Å². The van der Waals surface area contributed by atoms with Gasteiger partial charge in [0.05, 0.1) is 6.10 Å². The molecule has 0 aromatic heterocycles. The van der Waals surface area contributed by atoms with Gasteiger partial charge in [0.25, 0.3) is 0 Å². The van der Waals surface area contributed by atoms with Gasteiger partial charge in [-0.3, -0.25) is 0 Å². The van der Waals surface area contributed by atoms with Gasteiger partial charge in [-0.25, -0.2) is 0 Å². The molecule has 0 aliphatic heterocycles. The van der Waals surface area contributed by atoms with E-state index in [9.17, 15) is 0 Å². The first-order chi connectivity index (χ1) is 10.3. The molecule has 0 fully saturated rings. The van der Waals surface area contributed by atoms with Crippen molar-refractivity contribution in [3.63, 3.8) is 0 Å². The van der Waals surface area contributed by atoms with Crippen LogP contribution in [0.5, 0.6) is 0 Å². The van der Waals surface area contributed by atoms with Crippen molar-refractivity contribution in [1.29, 1.82) is 0 Å². The van der Waals surface area contributed by atoms with E-state index in [1.165, 1.54) is 77.0 Å². The van der Waals surface area contributed by atoms with Crippen LogP contribution in [0.2, 0.25) is 0 Å². The molecule has 0 aliphatic carbocycles. The van der Waals surface area contributed by atoms with Crippen molar-refractivity contribution < 1.29 is 9.84 Å². The molecule has 0 radical (unpaired) electrons. The van der Waals surface area contributed by atoms with Crippen molar-refractivity contribution in [2.45, 2.75) is 110 Å². The van der Waals surface area contributed by atoms with Gasteiger partial charge in [-0.2, -0.15) is 0 Å². The van der Waals surface area contributed by atoms with Gasteiger partial charge in [-0.05, 0) is 25.7 Å². The Morgan fingerprint density at radius 1 is 0.667 bits per heavy atom. The fourth-order valence-electron chi connectivity index (χ4n) is 2.74. The second kappa shape index (κ2) is 18.0. The zero-order valence-electron chi connectivity index (χ0n) is 14.7. The Labute approximate surface area is 133 Å². The van der Waals surface area contributed by atoms with Gasteiger partial charge >= 0.3 is 0 Å². The molecule has 0 aromatic rings. The lowest BCUT2D eigenvalue weighted by Gasteiger charge is -2.17. The lowest BCUT2D eigenvalue weighted by Crippen LogP contribution is -2.14. The summed E-state index contributed by atoms with van der Waals surface area (Å²) in [6, 6.07) is 0. The van der Waals surface area contributed by atoms with E-state index in [2.05, 4.69) is 13.8 Å². The molecule has 0 heterocycles. The van der Waals surface area contributed by atoms with Crippen LogP contribution in [0.25, 0.3) is 0 Å². The number of rotatable bonds is 17.